The molecule has 3 heterocycles. The largest absolute Gasteiger partial charge is 0.383 e. The van der Waals surface area contributed by atoms with Gasteiger partial charge in [-0.2, -0.15) is 0 Å². The minimum absolute atomic E-state index is 0.0400. The summed E-state index contributed by atoms with van der Waals surface area (Å²) in [7, 11) is 0. The zero-order chi connectivity index (χ0) is 11.8. The van der Waals surface area contributed by atoms with Crippen molar-refractivity contribution < 1.29 is 0 Å². The van der Waals surface area contributed by atoms with Gasteiger partial charge < -0.3 is 11.1 Å². The van der Waals surface area contributed by atoms with Crippen LogP contribution in [0.4, 0.5) is 5.82 Å². The Morgan fingerprint density at radius 3 is 3.12 bits per heavy atom. The van der Waals surface area contributed by atoms with E-state index in [-0.39, 0.29) is 11.5 Å². The summed E-state index contributed by atoms with van der Waals surface area (Å²) in [6, 6.07) is 5.45. The quantitative estimate of drug-likeness (QED) is 0.741. The van der Waals surface area contributed by atoms with Crippen molar-refractivity contribution in [2.75, 3.05) is 18.8 Å². The molecule has 2 aromatic rings. The van der Waals surface area contributed by atoms with Crippen LogP contribution < -0.4 is 16.6 Å². The van der Waals surface area contributed by atoms with Gasteiger partial charge in [0.15, 0.2) is 0 Å². The molecule has 1 atom stereocenters. The van der Waals surface area contributed by atoms with E-state index in [2.05, 4.69) is 10.3 Å². The third kappa shape index (κ3) is 1.59. The van der Waals surface area contributed by atoms with E-state index in [1.54, 1.807) is 16.7 Å². The highest BCUT2D eigenvalue weighted by atomic mass is 16.1. The number of aromatic nitrogens is 2. The fourth-order valence-electron chi connectivity index (χ4n) is 2.40. The number of rotatable bonds is 1. The lowest BCUT2D eigenvalue weighted by Crippen LogP contribution is -2.25. The van der Waals surface area contributed by atoms with E-state index in [0.717, 1.165) is 19.5 Å². The molecule has 5 nitrogen and oxygen atoms in total. The monoisotopic (exact) mass is 230 g/mol. The molecule has 88 valence electrons. The maximum absolute atomic E-state index is 12.4. The van der Waals surface area contributed by atoms with E-state index >= 15 is 0 Å². The second kappa shape index (κ2) is 3.85. The summed E-state index contributed by atoms with van der Waals surface area (Å²) < 4.78 is 1.56. The third-order valence-corrected chi connectivity index (χ3v) is 3.27. The van der Waals surface area contributed by atoms with Crippen LogP contribution in [-0.2, 0) is 0 Å². The fraction of sp³-hybridized carbons (Fsp3) is 0.333. The van der Waals surface area contributed by atoms with Gasteiger partial charge in [0.1, 0.15) is 11.5 Å². The van der Waals surface area contributed by atoms with Gasteiger partial charge in [0.05, 0.1) is 5.56 Å². The molecule has 0 aliphatic carbocycles. The number of nitrogens with two attached hydrogens (primary N) is 1. The average molecular weight is 230 g/mol. The number of hydrogen-bond acceptors (Lipinski definition) is 4. The summed E-state index contributed by atoms with van der Waals surface area (Å²) in [4.78, 5) is 16.6. The Hall–Kier alpha value is -1.88. The van der Waals surface area contributed by atoms with E-state index < -0.39 is 0 Å². The summed E-state index contributed by atoms with van der Waals surface area (Å²) in [6.07, 6.45) is 2.68. The Morgan fingerprint density at radius 1 is 1.47 bits per heavy atom. The maximum atomic E-state index is 12.4. The van der Waals surface area contributed by atoms with Gasteiger partial charge in [-0.1, -0.05) is 6.07 Å². The summed E-state index contributed by atoms with van der Waals surface area (Å²) in [5.41, 5.74) is 7.13. The Kier molecular flexibility index (Phi) is 2.33. The molecule has 0 aromatic carbocycles. The predicted octanol–water partition coefficient (Wildman–Crippen LogP) is 0.354. The van der Waals surface area contributed by atoms with Gasteiger partial charge >= 0.3 is 0 Å². The highest BCUT2D eigenvalue weighted by Gasteiger charge is 2.23. The fourth-order valence-corrected chi connectivity index (χ4v) is 2.40. The Morgan fingerprint density at radius 2 is 2.35 bits per heavy atom. The van der Waals surface area contributed by atoms with Crippen LogP contribution in [0.25, 0.3) is 5.65 Å². The van der Waals surface area contributed by atoms with Crippen LogP contribution in [-0.4, -0.2) is 22.5 Å². The van der Waals surface area contributed by atoms with Gasteiger partial charge in [-0.15, -0.1) is 0 Å². The van der Waals surface area contributed by atoms with Crippen molar-refractivity contribution in [2.24, 2.45) is 0 Å². The van der Waals surface area contributed by atoms with E-state index in [9.17, 15) is 4.79 Å². The van der Waals surface area contributed by atoms with Crippen LogP contribution in [0.5, 0.6) is 0 Å². The van der Waals surface area contributed by atoms with Crippen molar-refractivity contribution in [1.82, 2.24) is 14.7 Å². The first-order valence-corrected chi connectivity index (χ1v) is 5.75. The van der Waals surface area contributed by atoms with E-state index in [4.69, 9.17) is 5.73 Å². The van der Waals surface area contributed by atoms with Crippen LogP contribution in [0.3, 0.4) is 0 Å². The molecule has 0 saturated carbocycles. The number of fused-ring (bicyclic) bond motifs is 1. The number of nitrogens with zero attached hydrogens (tertiary/aromatic N) is 2. The molecule has 1 aliphatic heterocycles. The lowest BCUT2D eigenvalue weighted by Gasteiger charge is -2.11. The first-order chi connectivity index (χ1) is 8.27. The predicted molar refractivity (Wildman–Crippen MR) is 66.1 cm³/mol. The molecule has 3 N–H and O–H groups in total. The first kappa shape index (κ1) is 10.3. The van der Waals surface area contributed by atoms with Crippen molar-refractivity contribution in [3.05, 3.63) is 40.3 Å². The van der Waals surface area contributed by atoms with Crippen molar-refractivity contribution in [3.63, 3.8) is 0 Å². The van der Waals surface area contributed by atoms with Crippen molar-refractivity contribution in [3.8, 4) is 0 Å². The smallest absolute Gasteiger partial charge is 0.263 e. The molecule has 0 amide bonds. The van der Waals surface area contributed by atoms with Gasteiger partial charge in [0, 0.05) is 18.7 Å². The van der Waals surface area contributed by atoms with Crippen LogP contribution >= 0.6 is 0 Å². The standard InChI is InChI=1S/C12H14N4O/c13-11-10(8-4-5-14-7-8)12(17)16-6-2-1-3-9(16)15-11/h1-3,6,8,14H,4-5,7,13H2. The summed E-state index contributed by atoms with van der Waals surface area (Å²) in [5.74, 6) is 0.557. The minimum Gasteiger partial charge on any atom is -0.383 e. The van der Waals surface area contributed by atoms with Crippen LogP contribution in [0.15, 0.2) is 29.2 Å². The number of hydrogen-bond donors (Lipinski definition) is 2. The number of nitrogen functional groups attached to an aromatic ring is 1. The lowest BCUT2D eigenvalue weighted by atomic mass is 10.0. The number of pyridine rings is 1. The second-order valence-corrected chi connectivity index (χ2v) is 4.33. The molecule has 0 radical (unpaired) electrons. The van der Waals surface area contributed by atoms with E-state index in [1.807, 2.05) is 12.1 Å². The molecule has 5 heteroatoms. The second-order valence-electron chi connectivity index (χ2n) is 4.33. The molecule has 1 unspecified atom stereocenters. The van der Waals surface area contributed by atoms with Crippen LogP contribution in [0, 0.1) is 0 Å². The van der Waals surface area contributed by atoms with E-state index in [0.29, 0.717) is 17.0 Å². The molecule has 2 aromatic heterocycles. The molecular formula is C12H14N4O. The molecule has 17 heavy (non-hydrogen) atoms. The molecule has 3 rings (SSSR count). The normalized spacial score (nSPS) is 19.9. The van der Waals surface area contributed by atoms with Crippen LogP contribution in [0.2, 0.25) is 0 Å². The van der Waals surface area contributed by atoms with Gasteiger partial charge in [-0.05, 0) is 25.1 Å². The Balaban J connectivity index is 2.27. The topological polar surface area (TPSA) is 72.4 Å². The number of anilines is 1. The summed E-state index contributed by atoms with van der Waals surface area (Å²) in [5, 5.41) is 3.24. The zero-order valence-corrected chi connectivity index (χ0v) is 9.39. The van der Waals surface area contributed by atoms with Gasteiger partial charge in [-0.25, -0.2) is 4.98 Å². The summed E-state index contributed by atoms with van der Waals surface area (Å²) in [6.45, 7) is 1.74. The minimum atomic E-state index is -0.0400. The highest BCUT2D eigenvalue weighted by Crippen LogP contribution is 2.23. The van der Waals surface area contributed by atoms with Gasteiger partial charge in [0.2, 0.25) is 0 Å². The highest BCUT2D eigenvalue weighted by molar-refractivity contribution is 5.50. The van der Waals surface area contributed by atoms with Gasteiger partial charge in [0.25, 0.3) is 5.56 Å². The molecule has 1 saturated heterocycles. The maximum Gasteiger partial charge on any atom is 0.263 e. The lowest BCUT2D eigenvalue weighted by molar-refractivity contribution is 0.743. The van der Waals surface area contributed by atoms with Crippen molar-refractivity contribution in [1.29, 1.82) is 0 Å². The van der Waals surface area contributed by atoms with Crippen molar-refractivity contribution >= 4 is 11.5 Å². The van der Waals surface area contributed by atoms with Gasteiger partial charge in [-0.3, -0.25) is 9.20 Å². The average Bonchev–Trinajstić information content (AvgIpc) is 2.83. The van der Waals surface area contributed by atoms with Crippen LogP contribution in [0.1, 0.15) is 17.9 Å². The Labute approximate surface area is 98.3 Å². The SMILES string of the molecule is Nc1nc2ccccn2c(=O)c1C1CCNC1. The zero-order valence-electron chi connectivity index (χ0n) is 9.39. The molecule has 0 bridgehead atoms. The Bertz CT molecular complexity index is 613. The first-order valence-electron chi connectivity index (χ1n) is 5.75. The molecular weight excluding hydrogens is 216 g/mol. The number of nitrogens with one attached hydrogen (secondary N) is 1. The third-order valence-electron chi connectivity index (χ3n) is 3.27. The molecule has 1 aliphatic rings. The molecule has 1 fully saturated rings. The van der Waals surface area contributed by atoms with E-state index in [1.165, 1.54) is 0 Å². The summed E-state index contributed by atoms with van der Waals surface area (Å²) >= 11 is 0. The van der Waals surface area contributed by atoms with Crippen molar-refractivity contribution in [2.45, 2.75) is 12.3 Å². The molecule has 0 spiro atoms.